The predicted molar refractivity (Wildman–Crippen MR) is 132 cm³/mol. The van der Waals surface area contributed by atoms with E-state index in [1.807, 2.05) is 6.92 Å². The summed E-state index contributed by atoms with van der Waals surface area (Å²) in [5.74, 6) is -1.50. The molecule has 0 spiro atoms. The van der Waals surface area contributed by atoms with Crippen LogP contribution in [0.1, 0.15) is 40.5 Å². The number of nitrogens with one attached hydrogen (secondary N) is 2. The molecule has 2 N–H and O–H groups in total. The standard InChI is InChI=1S/C26H25FN2O4S/c1-2-3-16-33-26(32)18-8-10-19(11-9-18)28-24(30)17-34-21-14-12-20(13-15-21)29-25(31)22-6-4-5-7-23(22)27/h4-15H,2-3,16-17H2,1H3,(H,28,30)(H,29,31). The third-order valence-corrected chi connectivity index (χ3v) is 5.75. The lowest BCUT2D eigenvalue weighted by atomic mass is 10.2. The molecule has 0 aliphatic rings. The number of hydrogen-bond acceptors (Lipinski definition) is 5. The van der Waals surface area contributed by atoms with Crippen molar-refractivity contribution < 1.29 is 23.5 Å². The maximum Gasteiger partial charge on any atom is 0.338 e. The van der Waals surface area contributed by atoms with Crippen molar-refractivity contribution in [2.24, 2.45) is 0 Å². The Bertz CT molecular complexity index is 1130. The third kappa shape index (κ3) is 7.45. The zero-order valence-electron chi connectivity index (χ0n) is 18.7. The lowest BCUT2D eigenvalue weighted by Gasteiger charge is -2.08. The van der Waals surface area contributed by atoms with E-state index in [2.05, 4.69) is 10.6 Å². The number of hydrogen-bond donors (Lipinski definition) is 2. The van der Waals surface area contributed by atoms with Crippen LogP contribution in [-0.2, 0) is 9.53 Å². The van der Waals surface area contributed by atoms with Crippen molar-refractivity contribution in [3.05, 3.63) is 89.7 Å². The first kappa shape index (κ1) is 25.0. The maximum absolute atomic E-state index is 13.7. The molecule has 0 aliphatic heterocycles. The summed E-state index contributed by atoms with van der Waals surface area (Å²) in [4.78, 5) is 37.2. The molecule has 0 saturated heterocycles. The van der Waals surface area contributed by atoms with E-state index in [4.69, 9.17) is 4.74 Å². The maximum atomic E-state index is 13.7. The fourth-order valence-corrected chi connectivity index (χ4v) is 3.60. The van der Waals surface area contributed by atoms with E-state index in [0.29, 0.717) is 23.5 Å². The SMILES string of the molecule is CCCCOC(=O)c1ccc(NC(=O)CSc2ccc(NC(=O)c3ccccc3F)cc2)cc1. The second-order valence-electron chi connectivity index (χ2n) is 7.36. The van der Waals surface area contributed by atoms with E-state index < -0.39 is 11.7 Å². The predicted octanol–water partition coefficient (Wildman–Crippen LogP) is 5.77. The van der Waals surface area contributed by atoms with Gasteiger partial charge in [-0.05, 0) is 67.1 Å². The molecule has 0 fully saturated rings. The van der Waals surface area contributed by atoms with Gasteiger partial charge >= 0.3 is 5.97 Å². The van der Waals surface area contributed by atoms with E-state index in [0.717, 1.165) is 17.7 Å². The third-order valence-electron chi connectivity index (χ3n) is 4.74. The van der Waals surface area contributed by atoms with Gasteiger partial charge in [-0.2, -0.15) is 0 Å². The van der Waals surface area contributed by atoms with Crippen molar-refractivity contribution in [2.75, 3.05) is 23.0 Å². The quantitative estimate of drug-likeness (QED) is 0.219. The molecule has 0 saturated carbocycles. The topological polar surface area (TPSA) is 84.5 Å². The van der Waals surface area contributed by atoms with Crippen LogP contribution in [0.5, 0.6) is 0 Å². The first-order valence-electron chi connectivity index (χ1n) is 10.8. The molecule has 0 aromatic heterocycles. The molecule has 0 unspecified atom stereocenters. The number of unbranched alkanes of at least 4 members (excludes halogenated alkanes) is 1. The van der Waals surface area contributed by atoms with Crippen molar-refractivity contribution in [3.8, 4) is 0 Å². The van der Waals surface area contributed by atoms with Gasteiger partial charge in [-0.1, -0.05) is 25.5 Å². The van der Waals surface area contributed by atoms with Crippen LogP contribution < -0.4 is 10.6 Å². The number of benzene rings is 3. The first-order chi connectivity index (χ1) is 16.5. The molecule has 2 amide bonds. The second-order valence-corrected chi connectivity index (χ2v) is 8.41. The number of carbonyl (C=O) groups excluding carboxylic acids is 3. The molecular formula is C26H25FN2O4S. The zero-order chi connectivity index (χ0) is 24.3. The van der Waals surface area contributed by atoms with E-state index in [-0.39, 0.29) is 23.2 Å². The van der Waals surface area contributed by atoms with Crippen LogP contribution in [0.15, 0.2) is 77.7 Å². The molecule has 6 nitrogen and oxygen atoms in total. The molecule has 0 radical (unpaired) electrons. The van der Waals surface area contributed by atoms with Gasteiger partial charge in [0.25, 0.3) is 5.91 Å². The van der Waals surface area contributed by atoms with Crippen LogP contribution in [0, 0.1) is 5.82 Å². The molecule has 8 heteroatoms. The minimum absolute atomic E-state index is 0.0287. The largest absolute Gasteiger partial charge is 0.462 e. The Labute approximate surface area is 201 Å². The lowest BCUT2D eigenvalue weighted by molar-refractivity contribution is -0.113. The van der Waals surface area contributed by atoms with Crippen molar-refractivity contribution in [2.45, 2.75) is 24.7 Å². The van der Waals surface area contributed by atoms with Gasteiger partial charge in [-0.3, -0.25) is 9.59 Å². The summed E-state index contributed by atoms with van der Waals surface area (Å²) in [7, 11) is 0. The minimum atomic E-state index is -0.584. The lowest BCUT2D eigenvalue weighted by Crippen LogP contribution is -2.14. The average Bonchev–Trinajstić information content (AvgIpc) is 2.84. The van der Waals surface area contributed by atoms with Gasteiger partial charge in [0.15, 0.2) is 0 Å². The fraction of sp³-hybridized carbons (Fsp3) is 0.192. The molecule has 0 heterocycles. The summed E-state index contributed by atoms with van der Waals surface area (Å²) < 4.78 is 18.9. The van der Waals surface area contributed by atoms with Gasteiger partial charge in [-0.15, -0.1) is 11.8 Å². The van der Waals surface area contributed by atoms with Crippen LogP contribution in [0.2, 0.25) is 0 Å². The number of rotatable bonds is 10. The van der Waals surface area contributed by atoms with Crippen molar-refractivity contribution in [3.63, 3.8) is 0 Å². The Morgan fingerprint density at radius 1 is 0.882 bits per heavy atom. The highest BCUT2D eigenvalue weighted by Gasteiger charge is 2.11. The van der Waals surface area contributed by atoms with Crippen LogP contribution >= 0.6 is 11.8 Å². The van der Waals surface area contributed by atoms with Gasteiger partial charge in [0.05, 0.1) is 23.5 Å². The van der Waals surface area contributed by atoms with E-state index in [1.165, 1.54) is 30.0 Å². The van der Waals surface area contributed by atoms with Gasteiger partial charge in [-0.25, -0.2) is 9.18 Å². The Morgan fingerprint density at radius 2 is 1.53 bits per heavy atom. The second kappa shape index (κ2) is 12.6. The van der Waals surface area contributed by atoms with E-state index >= 15 is 0 Å². The first-order valence-corrected chi connectivity index (χ1v) is 11.8. The molecule has 176 valence electrons. The monoisotopic (exact) mass is 480 g/mol. The van der Waals surface area contributed by atoms with Crippen LogP contribution in [0.3, 0.4) is 0 Å². The highest BCUT2D eigenvalue weighted by molar-refractivity contribution is 8.00. The van der Waals surface area contributed by atoms with Crippen LogP contribution in [0.25, 0.3) is 0 Å². The fourth-order valence-electron chi connectivity index (χ4n) is 2.91. The highest BCUT2D eigenvalue weighted by Crippen LogP contribution is 2.21. The number of ether oxygens (including phenoxy) is 1. The summed E-state index contributed by atoms with van der Waals surface area (Å²) in [6.07, 6.45) is 1.77. The highest BCUT2D eigenvalue weighted by atomic mass is 32.2. The van der Waals surface area contributed by atoms with E-state index in [1.54, 1.807) is 54.6 Å². The van der Waals surface area contributed by atoms with Crippen LogP contribution in [0.4, 0.5) is 15.8 Å². The molecule has 0 bridgehead atoms. The molecule has 3 aromatic rings. The van der Waals surface area contributed by atoms with Crippen LogP contribution in [-0.4, -0.2) is 30.1 Å². The molecule has 0 atom stereocenters. The number of anilines is 2. The smallest absolute Gasteiger partial charge is 0.338 e. The Kier molecular flexibility index (Phi) is 9.22. The van der Waals surface area contributed by atoms with Gasteiger partial charge in [0.1, 0.15) is 5.82 Å². The Morgan fingerprint density at radius 3 is 2.21 bits per heavy atom. The van der Waals surface area contributed by atoms with Crippen molar-refractivity contribution in [1.29, 1.82) is 0 Å². The van der Waals surface area contributed by atoms with Gasteiger partial charge in [0.2, 0.25) is 5.91 Å². The van der Waals surface area contributed by atoms with E-state index in [9.17, 15) is 18.8 Å². The summed E-state index contributed by atoms with van der Waals surface area (Å²) in [6, 6.07) is 19.2. The minimum Gasteiger partial charge on any atom is -0.462 e. The summed E-state index contributed by atoms with van der Waals surface area (Å²) in [5.41, 5.74) is 1.52. The summed E-state index contributed by atoms with van der Waals surface area (Å²) >= 11 is 1.33. The van der Waals surface area contributed by atoms with Crippen molar-refractivity contribution >= 4 is 40.9 Å². The number of halogens is 1. The molecule has 0 aliphatic carbocycles. The molecule has 3 rings (SSSR count). The zero-order valence-corrected chi connectivity index (χ0v) is 19.5. The van der Waals surface area contributed by atoms with Crippen molar-refractivity contribution in [1.82, 2.24) is 0 Å². The molecule has 3 aromatic carbocycles. The van der Waals surface area contributed by atoms with Gasteiger partial charge < -0.3 is 15.4 Å². The Hall–Kier alpha value is -3.65. The number of amides is 2. The van der Waals surface area contributed by atoms with Gasteiger partial charge in [0, 0.05) is 16.3 Å². The average molecular weight is 481 g/mol. The molecular weight excluding hydrogens is 455 g/mol. The Balaban J connectivity index is 1.45. The number of thioether (sulfide) groups is 1. The number of carbonyl (C=O) groups is 3. The summed E-state index contributed by atoms with van der Waals surface area (Å²) in [5, 5.41) is 5.44. The summed E-state index contributed by atoms with van der Waals surface area (Å²) in [6.45, 7) is 2.42. The normalized spacial score (nSPS) is 10.4. The number of esters is 1. The molecule has 34 heavy (non-hydrogen) atoms.